The Morgan fingerprint density at radius 1 is 1.53 bits per heavy atom. The number of halogens is 1. The van der Waals surface area contributed by atoms with Crippen LogP contribution in [-0.2, 0) is 0 Å². The van der Waals surface area contributed by atoms with Crippen LogP contribution in [0.1, 0.15) is 33.7 Å². The molecular formula is C12H17BrN2OS. The van der Waals surface area contributed by atoms with Crippen LogP contribution in [-0.4, -0.2) is 33.7 Å². The third-order valence-electron chi connectivity index (χ3n) is 3.25. The number of nitrogens with zero attached hydrogens (tertiary/aromatic N) is 2. The van der Waals surface area contributed by atoms with Gasteiger partial charge in [-0.3, -0.25) is 4.79 Å². The molecule has 2 unspecified atom stereocenters. The fourth-order valence-corrected chi connectivity index (χ4v) is 3.58. The average Bonchev–Trinajstić information content (AvgIpc) is 2.61. The topological polar surface area (TPSA) is 33.2 Å². The molecular weight excluding hydrogens is 300 g/mol. The highest BCUT2D eigenvalue weighted by molar-refractivity contribution is 9.09. The van der Waals surface area contributed by atoms with Crippen molar-refractivity contribution in [2.24, 2.45) is 5.92 Å². The Labute approximate surface area is 114 Å². The highest BCUT2D eigenvalue weighted by atomic mass is 79.9. The zero-order valence-corrected chi connectivity index (χ0v) is 12.8. The van der Waals surface area contributed by atoms with E-state index in [1.165, 1.54) is 11.3 Å². The molecule has 2 atom stereocenters. The number of aromatic nitrogens is 1. The van der Waals surface area contributed by atoms with Crippen molar-refractivity contribution in [2.75, 3.05) is 13.1 Å². The Morgan fingerprint density at radius 3 is 2.76 bits per heavy atom. The number of aryl methyl sites for hydroxylation is 2. The molecule has 0 aromatic carbocycles. The molecule has 0 spiro atoms. The third kappa shape index (κ3) is 2.71. The quantitative estimate of drug-likeness (QED) is 0.746. The van der Waals surface area contributed by atoms with Gasteiger partial charge in [0, 0.05) is 17.9 Å². The maximum atomic E-state index is 12.4. The molecule has 0 N–H and O–H groups in total. The van der Waals surface area contributed by atoms with Crippen LogP contribution >= 0.6 is 27.3 Å². The summed E-state index contributed by atoms with van der Waals surface area (Å²) in [6.07, 6.45) is 1.07. The van der Waals surface area contributed by atoms with Gasteiger partial charge in [0.15, 0.2) is 0 Å². The Balaban J connectivity index is 2.13. The summed E-state index contributed by atoms with van der Waals surface area (Å²) in [5, 5.41) is 0.964. The van der Waals surface area contributed by atoms with Gasteiger partial charge >= 0.3 is 0 Å². The fraction of sp³-hybridized carbons (Fsp3) is 0.667. The molecule has 1 saturated heterocycles. The highest BCUT2D eigenvalue weighted by Gasteiger charge is 2.29. The van der Waals surface area contributed by atoms with Crippen molar-refractivity contribution in [2.45, 2.75) is 32.0 Å². The number of amides is 1. The summed E-state index contributed by atoms with van der Waals surface area (Å²) in [5.74, 6) is 0.785. The predicted octanol–water partition coefficient (Wildman–Crippen LogP) is 3.01. The van der Waals surface area contributed by atoms with Crippen molar-refractivity contribution in [3.05, 3.63) is 15.6 Å². The Kier molecular flexibility index (Phi) is 3.88. The normalized spacial score (nSPS) is 25.1. The summed E-state index contributed by atoms with van der Waals surface area (Å²) < 4.78 is 0. The smallest absolute Gasteiger partial charge is 0.265 e. The van der Waals surface area contributed by atoms with Gasteiger partial charge in [-0.2, -0.15) is 0 Å². The van der Waals surface area contributed by atoms with Gasteiger partial charge in [0.05, 0.1) is 10.7 Å². The monoisotopic (exact) mass is 316 g/mol. The molecule has 0 saturated carbocycles. The van der Waals surface area contributed by atoms with Gasteiger partial charge in [0.25, 0.3) is 5.91 Å². The molecule has 1 aliphatic heterocycles. The third-order valence-corrected chi connectivity index (χ3v) is 5.50. The molecule has 3 nitrogen and oxygen atoms in total. The van der Waals surface area contributed by atoms with Crippen LogP contribution in [0.4, 0.5) is 0 Å². The lowest BCUT2D eigenvalue weighted by Crippen LogP contribution is -2.43. The first-order valence-electron chi connectivity index (χ1n) is 5.86. The van der Waals surface area contributed by atoms with E-state index in [0.29, 0.717) is 10.7 Å². The van der Waals surface area contributed by atoms with Crippen molar-refractivity contribution in [3.8, 4) is 0 Å². The van der Waals surface area contributed by atoms with E-state index >= 15 is 0 Å². The van der Waals surface area contributed by atoms with Gasteiger partial charge in [-0.15, -0.1) is 11.3 Å². The Bertz CT molecular complexity index is 432. The van der Waals surface area contributed by atoms with E-state index in [4.69, 9.17) is 0 Å². The van der Waals surface area contributed by atoms with Gasteiger partial charge in [-0.05, 0) is 26.2 Å². The maximum absolute atomic E-state index is 12.4. The molecule has 1 aliphatic rings. The number of piperidine rings is 1. The molecule has 1 amide bonds. The molecule has 1 fully saturated rings. The van der Waals surface area contributed by atoms with Crippen molar-refractivity contribution < 1.29 is 4.79 Å². The summed E-state index contributed by atoms with van der Waals surface area (Å²) in [4.78, 5) is 19.8. The van der Waals surface area contributed by atoms with Gasteiger partial charge < -0.3 is 4.90 Å². The minimum Gasteiger partial charge on any atom is -0.337 e. The molecule has 94 valence electrons. The van der Waals surface area contributed by atoms with Gasteiger partial charge in [0.2, 0.25) is 0 Å². The van der Waals surface area contributed by atoms with E-state index in [-0.39, 0.29) is 5.91 Å². The first-order valence-corrected chi connectivity index (χ1v) is 7.59. The van der Waals surface area contributed by atoms with E-state index < -0.39 is 0 Å². The summed E-state index contributed by atoms with van der Waals surface area (Å²) in [6, 6.07) is 0. The Morgan fingerprint density at radius 2 is 2.24 bits per heavy atom. The molecule has 0 bridgehead atoms. The first kappa shape index (κ1) is 13.0. The minimum absolute atomic E-state index is 0.143. The maximum Gasteiger partial charge on any atom is 0.265 e. The fourth-order valence-electron chi connectivity index (χ4n) is 2.08. The lowest BCUT2D eigenvalue weighted by molar-refractivity contribution is 0.0710. The SMILES string of the molecule is Cc1nc(C)c(C(=O)N2CCC(C)C(Br)C2)s1. The minimum atomic E-state index is 0.143. The molecule has 0 aliphatic carbocycles. The number of hydrogen-bond acceptors (Lipinski definition) is 3. The zero-order valence-electron chi connectivity index (χ0n) is 10.4. The van der Waals surface area contributed by atoms with Crippen molar-refractivity contribution >= 4 is 33.2 Å². The van der Waals surface area contributed by atoms with Crippen LogP contribution < -0.4 is 0 Å². The van der Waals surface area contributed by atoms with Crippen LogP contribution in [0, 0.1) is 19.8 Å². The zero-order chi connectivity index (χ0) is 12.6. The van der Waals surface area contributed by atoms with Crippen molar-refractivity contribution in [3.63, 3.8) is 0 Å². The predicted molar refractivity (Wildman–Crippen MR) is 74.0 cm³/mol. The van der Waals surface area contributed by atoms with E-state index in [1.807, 2.05) is 18.7 Å². The van der Waals surface area contributed by atoms with E-state index in [9.17, 15) is 4.79 Å². The molecule has 17 heavy (non-hydrogen) atoms. The number of hydrogen-bond donors (Lipinski definition) is 0. The second-order valence-electron chi connectivity index (χ2n) is 4.68. The van der Waals surface area contributed by atoms with E-state index in [0.717, 1.165) is 35.1 Å². The Hall–Kier alpha value is -0.420. The van der Waals surface area contributed by atoms with Gasteiger partial charge in [-0.1, -0.05) is 22.9 Å². The lowest BCUT2D eigenvalue weighted by Gasteiger charge is -2.34. The number of carbonyl (C=O) groups excluding carboxylic acids is 1. The highest BCUT2D eigenvalue weighted by Crippen LogP contribution is 2.26. The lowest BCUT2D eigenvalue weighted by atomic mass is 9.99. The molecule has 2 heterocycles. The van der Waals surface area contributed by atoms with Crippen LogP contribution in [0.25, 0.3) is 0 Å². The molecule has 2 rings (SSSR count). The molecule has 1 aromatic rings. The molecule has 1 aromatic heterocycles. The summed E-state index contributed by atoms with van der Waals surface area (Å²) in [6.45, 7) is 7.74. The second-order valence-corrected chi connectivity index (χ2v) is 7.06. The second kappa shape index (κ2) is 5.06. The summed E-state index contributed by atoms with van der Waals surface area (Å²) in [7, 11) is 0. The number of alkyl halides is 1. The standard InChI is InChI=1S/C12H17BrN2OS/c1-7-4-5-15(6-10(7)13)12(16)11-8(2)14-9(3)17-11/h7,10H,4-6H2,1-3H3. The van der Waals surface area contributed by atoms with Crippen LogP contribution in [0.5, 0.6) is 0 Å². The van der Waals surface area contributed by atoms with Crippen LogP contribution in [0.15, 0.2) is 0 Å². The number of rotatable bonds is 1. The van der Waals surface area contributed by atoms with E-state index in [1.54, 1.807) is 0 Å². The largest absolute Gasteiger partial charge is 0.337 e. The molecule has 5 heteroatoms. The van der Waals surface area contributed by atoms with Crippen LogP contribution in [0.3, 0.4) is 0 Å². The van der Waals surface area contributed by atoms with Gasteiger partial charge in [-0.25, -0.2) is 4.98 Å². The van der Waals surface area contributed by atoms with Crippen molar-refractivity contribution in [1.29, 1.82) is 0 Å². The number of carbonyl (C=O) groups is 1. The first-order chi connectivity index (χ1) is 7.99. The molecule has 0 radical (unpaired) electrons. The summed E-state index contributed by atoms with van der Waals surface area (Å²) in [5.41, 5.74) is 0.863. The number of likely N-dealkylation sites (tertiary alicyclic amines) is 1. The average molecular weight is 317 g/mol. The van der Waals surface area contributed by atoms with Crippen molar-refractivity contribution in [1.82, 2.24) is 9.88 Å². The van der Waals surface area contributed by atoms with Crippen LogP contribution in [0.2, 0.25) is 0 Å². The van der Waals surface area contributed by atoms with E-state index in [2.05, 4.69) is 27.8 Å². The summed E-state index contributed by atoms with van der Waals surface area (Å²) >= 11 is 5.15. The van der Waals surface area contributed by atoms with Gasteiger partial charge in [0.1, 0.15) is 4.88 Å². The number of thiazole rings is 1.